The van der Waals surface area contributed by atoms with Crippen LogP contribution in [0, 0.1) is 0 Å². The van der Waals surface area contributed by atoms with E-state index in [-0.39, 0.29) is 12.5 Å². The Morgan fingerprint density at radius 1 is 0.968 bits per heavy atom. The van der Waals surface area contributed by atoms with E-state index in [0.29, 0.717) is 38.3 Å². The summed E-state index contributed by atoms with van der Waals surface area (Å²) in [7, 11) is 0. The summed E-state index contributed by atoms with van der Waals surface area (Å²) >= 11 is 12.7. The van der Waals surface area contributed by atoms with Crippen LogP contribution in [0.1, 0.15) is 11.1 Å². The second-order valence-electron chi connectivity index (χ2n) is 6.74. The molecule has 1 aliphatic heterocycles. The minimum absolute atomic E-state index is 0.232. The lowest BCUT2D eigenvalue weighted by atomic mass is 10.00. The Balaban J connectivity index is 1.78. The molecule has 0 spiro atoms. The van der Waals surface area contributed by atoms with Crippen LogP contribution >= 0.6 is 23.2 Å². The summed E-state index contributed by atoms with van der Waals surface area (Å²) in [5, 5.41) is 6.73. The van der Waals surface area contributed by atoms with Gasteiger partial charge < -0.3 is 4.74 Å². The van der Waals surface area contributed by atoms with Crippen LogP contribution in [-0.2, 0) is 4.79 Å². The molecule has 0 bridgehead atoms. The quantitative estimate of drug-likeness (QED) is 0.323. The largest absolute Gasteiger partial charge is 0.486 e. The number of amides is 1. The first kappa shape index (κ1) is 20.9. The van der Waals surface area contributed by atoms with Gasteiger partial charge in [0.15, 0.2) is 5.75 Å². The second-order valence-corrected chi connectivity index (χ2v) is 7.55. The second kappa shape index (κ2) is 9.21. The van der Waals surface area contributed by atoms with E-state index in [1.54, 1.807) is 24.3 Å². The number of nitrogens with zero attached hydrogens (tertiary/aromatic N) is 2. The zero-order chi connectivity index (χ0) is 21.8. The molecule has 4 nitrogen and oxygen atoms in total. The molecule has 1 heterocycles. The Hall–Kier alpha value is -3.34. The summed E-state index contributed by atoms with van der Waals surface area (Å²) in [6.45, 7) is 3.91. The molecule has 3 aromatic carbocycles. The maximum atomic E-state index is 13.3. The molecular weight excluding hydrogens is 431 g/mol. The standard InChI is InChI=1S/C25H18Cl2N2O2/c1-2-13-31-24-21(26)15-17(16-22(24)27)14-20-23(18-9-5-3-6-10-18)28-29(25(20)30)19-11-7-4-8-12-19/h2-12,14-16H,1,13H2/b20-14-. The fourth-order valence-corrected chi connectivity index (χ4v) is 3.82. The minimum Gasteiger partial charge on any atom is -0.486 e. The molecule has 1 amide bonds. The highest BCUT2D eigenvalue weighted by molar-refractivity contribution is 6.39. The predicted octanol–water partition coefficient (Wildman–Crippen LogP) is 6.39. The highest BCUT2D eigenvalue weighted by Crippen LogP contribution is 2.36. The van der Waals surface area contributed by atoms with E-state index in [1.807, 2.05) is 60.7 Å². The number of benzene rings is 3. The van der Waals surface area contributed by atoms with E-state index in [1.165, 1.54) is 5.01 Å². The number of hydrogen-bond acceptors (Lipinski definition) is 3. The van der Waals surface area contributed by atoms with Crippen LogP contribution in [0.5, 0.6) is 5.75 Å². The van der Waals surface area contributed by atoms with E-state index >= 15 is 0 Å². The van der Waals surface area contributed by atoms with Crippen molar-refractivity contribution >= 4 is 46.6 Å². The molecule has 0 aromatic heterocycles. The zero-order valence-corrected chi connectivity index (χ0v) is 18.0. The molecule has 0 unspecified atom stereocenters. The van der Waals surface area contributed by atoms with Gasteiger partial charge in [-0.25, -0.2) is 0 Å². The van der Waals surface area contributed by atoms with Crippen LogP contribution in [-0.4, -0.2) is 18.2 Å². The number of rotatable bonds is 6. The summed E-state index contributed by atoms with van der Waals surface area (Å²) in [4.78, 5) is 13.3. The van der Waals surface area contributed by atoms with Crippen LogP contribution in [0.2, 0.25) is 10.0 Å². The molecule has 0 fully saturated rings. The van der Waals surface area contributed by atoms with Gasteiger partial charge in [0.1, 0.15) is 12.3 Å². The van der Waals surface area contributed by atoms with Gasteiger partial charge in [0.2, 0.25) is 0 Å². The van der Waals surface area contributed by atoms with Gasteiger partial charge in [0, 0.05) is 5.56 Å². The van der Waals surface area contributed by atoms with Crippen molar-refractivity contribution in [3.8, 4) is 5.75 Å². The van der Waals surface area contributed by atoms with Gasteiger partial charge in [0.05, 0.1) is 21.3 Å². The highest BCUT2D eigenvalue weighted by atomic mass is 35.5. The van der Waals surface area contributed by atoms with Gasteiger partial charge >= 0.3 is 0 Å². The van der Waals surface area contributed by atoms with Crippen LogP contribution in [0.3, 0.4) is 0 Å². The van der Waals surface area contributed by atoms with Gasteiger partial charge in [-0.05, 0) is 35.9 Å². The Morgan fingerprint density at radius 3 is 2.19 bits per heavy atom. The molecule has 31 heavy (non-hydrogen) atoms. The molecule has 4 rings (SSSR count). The van der Waals surface area contributed by atoms with E-state index in [9.17, 15) is 4.79 Å². The molecule has 3 aromatic rings. The smallest absolute Gasteiger partial charge is 0.281 e. The molecule has 0 atom stereocenters. The Kier molecular flexibility index (Phi) is 6.21. The van der Waals surface area contributed by atoms with Crippen LogP contribution < -0.4 is 9.75 Å². The van der Waals surface area contributed by atoms with Crippen molar-refractivity contribution in [3.05, 3.63) is 112 Å². The first-order chi connectivity index (χ1) is 15.1. The van der Waals surface area contributed by atoms with Crippen molar-refractivity contribution in [2.75, 3.05) is 11.6 Å². The maximum absolute atomic E-state index is 13.3. The third-order valence-electron chi connectivity index (χ3n) is 4.60. The topological polar surface area (TPSA) is 41.9 Å². The summed E-state index contributed by atoms with van der Waals surface area (Å²) < 4.78 is 5.53. The Bertz CT molecular complexity index is 1170. The molecule has 1 aliphatic rings. The van der Waals surface area contributed by atoms with Gasteiger partial charge in [-0.2, -0.15) is 10.1 Å². The molecule has 154 valence electrons. The van der Waals surface area contributed by atoms with Crippen LogP contribution in [0.25, 0.3) is 6.08 Å². The summed E-state index contributed by atoms with van der Waals surface area (Å²) in [5.74, 6) is 0.148. The summed E-state index contributed by atoms with van der Waals surface area (Å²) in [6, 6.07) is 22.3. The monoisotopic (exact) mass is 448 g/mol. The zero-order valence-electron chi connectivity index (χ0n) is 16.5. The van der Waals surface area contributed by atoms with Crippen LogP contribution in [0.4, 0.5) is 5.69 Å². The molecule has 0 aliphatic carbocycles. The van der Waals surface area contributed by atoms with Crippen molar-refractivity contribution in [1.29, 1.82) is 0 Å². The van der Waals surface area contributed by atoms with Crippen molar-refractivity contribution in [1.82, 2.24) is 0 Å². The molecule has 6 heteroatoms. The number of anilines is 1. The molecular formula is C25H18Cl2N2O2. The fourth-order valence-electron chi connectivity index (χ4n) is 3.21. The van der Waals surface area contributed by atoms with Gasteiger partial charge in [-0.3, -0.25) is 4.79 Å². The third kappa shape index (κ3) is 4.41. The summed E-state index contributed by atoms with van der Waals surface area (Å²) in [5.41, 5.74) is 3.22. The lowest BCUT2D eigenvalue weighted by Gasteiger charge is -2.11. The number of ether oxygens (including phenoxy) is 1. The van der Waals surface area contributed by atoms with Crippen molar-refractivity contribution < 1.29 is 9.53 Å². The summed E-state index contributed by atoms with van der Waals surface area (Å²) in [6.07, 6.45) is 3.35. The van der Waals surface area contributed by atoms with Crippen molar-refractivity contribution in [2.24, 2.45) is 5.10 Å². The number of para-hydroxylation sites is 1. The first-order valence-electron chi connectivity index (χ1n) is 9.57. The van der Waals surface area contributed by atoms with E-state index in [4.69, 9.17) is 27.9 Å². The third-order valence-corrected chi connectivity index (χ3v) is 5.16. The Labute approximate surface area is 190 Å². The molecule has 0 saturated carbocycles. The van der Waals surface area contributed by atoms with Gasteiger partial charge in [-0.1, -0.05) is 84.4 Å². The number of hydrogen-bond donors (Lipinski definition) is 0. The maximum Gasteiger partial charge on any atom is 0.281 e. The molecule has 0 N–H and O–H groups in total. The first-order valence-corrected chi connectivity index (χ1v) is 10.3. The predicted molar refractivity (Wildman–Crippen MR) is 127 cm³/mol. The number of hydrazone groups is 1. The lowest BCUT2D eigenvalue weighted by molar-refractivity contribution is -0.114. The Morgan fingerprint density at radius 2 is 1.58 bits per heavy atom. The average Bonchev–Trinajstić information content (AvgIpc) is 3.10. The minimum atomic E-state index is -0.232. The lowest BCUT2D eigenvalue weighted by Crippen LogP contribution is -2.21. The fraction of sp³-hybridized carbons (Fsp3) is 0.0400. The van der Waals surface area contributed by atoms with Crippen molar-refractivity contribution in [3.63, 3.8) is 0 Å². The normalized spacial score (nSPS) is 14.6. The molecule has 0 radical (unpaired) electrons. The number of carbonyl (C=O) groups is 1. The highest BCUT2D eigenvalue weighted by Gasteiger charge is 2.32. The van der Waals surface area contributed by atoms with E-state index in [2.05, 4.69) is 11.7 Å². The number of halogens is 2. The van der Waals surface area contributed by atoms with E-state index in [0.717, 1.165) is 5.56 Å². The van der Waals surface area contributed by atoms with E-state index < -0.39 is 0 Å². The SMILES string of the molecule is C=CCOc1c(Cl)cc(/C=C2\C(=O)N(c3ccccc3)N=C2c2ccccc2)cc1Cl. The number of carbonyl (C=O) groups excluding carboxylic acids is 1. The average molecular weight is 449 g/mol. The van der Waals surface area contributed by atoms with Crippen LogP contribution in [0.15, 0.2) is 96.1 Å². The van der Waals surface area contributed by atoms with Gasteiger partial charge in [-0.15, -0.1) is 0 Å². The molecule has 0 saturated heterocycles. The van der Waals surface area contributed by atoms with Crippen molar-refractivity contribution in [2.45, 2.75) is 0 Å². The van der Waals surface area contributed by atoms with Gasteiger partial charge in [0.25, 0.3) is 5.91 Å².